The first-order valence-corrected chi connectivity index (χ1v) is 16.3. The first kappa shape index (κ1) is 36.7. The van der Waals surface area contributed by atoms with Gasteiger partial charge in [0.15, 0.2) is 6.10 Å². The number of hydrogen-bond acceptors (Lipinski definition) is 9. The molecule has 1 aliphatic rings. The van der Waals surface area contributed by atoms with Gasteiger partial charge in [-0.1, -0.05) is 61.4 Å². The van der Waals surface area contributed by atoms with Gasteiger partial charge in [-0.05, 0) is 59.3 Å². The van der Waals surface area contributed by atoms with Gasteiger partial charge < -0.3 is 23.6 Å². The number of amides is 1. The Hall–Kier alpha value is -3.75. The van der Waals surface area contributed by atoms with Crippen LogP contribution in [0, 0.1) is 0 Å². The third-order valence-corrected chi connectivity index (χ3v) is 7.74. The van der Waals surface area contributed by atoms with Crippen molar-refractivity contribution in [1.29, 1.82) is 0 Å². The lowest BCUT2D eigenvalue weighted by atomic mass is 10.0. The fraction of sp³-hybridized carbons (Fsp3) is 0.438. The van der Waals surface area contributed by atoms with Crippen molar-refractivity contribution in [1.82, 2.24) is 4.90 Å². The first-order chi connectivity index (χ1) is 22.1. The van der Waals surface area contributed by atoms with E-state index in [0.29, 0.717) is 50.8 Å². The molecule has 2 aromatic rings. The smallest absolute Gasteiger partial charge is 0.466 e. The second-order valence-electron chi connectivity index (χ2n) is 10.4. The molecule has 2 aromatic carbocycles. The average molecular weight is 679 g/mol. The van der Waals surface area contributed by atoms with Gasteiger partial charge in [0.25, 0.3) is 8.60 Å². The number of rotatable bonds is 17. The van der Waals surface area contributed by atoms with E-state index in [9.17, 15) is 19.2 Å². The highest BCUT2D eigenvalue weighted by atomic mass is 31.1. The van der Waals surface area contributed by atoms with E-state index < -0.39 is 30.2 Å². The van der Waals surface area contributed by atoms with Crippen molar-refractivity contribution in [2.24, 2.45) is 4.52 Å². The monoisotopic (exact) mass is 678 g/mol. The van der Waals surface area contributed by atoms with Crippen LogP contribution in [0.5, 0.6) is 5.75 Å². The Morgan fingerprint density at radius 3 is 2.48 bits per heavy atom. The molecule has 1 fully saturated rings. The number of ether oxygens (including phenoxy) is 3. The molecule has 3 atom stereocenters. The van der Waals surface area contributed by atoms with Gasteiger partial charge in [0.2, 0.25) is 5.91 Å². The lowest BCUT2D eigenvalue weighted by molar-refractivity contribution is -0.167. The Morgan fingerprint density at radius 2 is 1.78 bits per heavy atom. The van der Waals surface area contributed by atoms with E-state index in [1.807, 2.05) is 9.39 Å². The zero-order valence-electron chi connectivity index (χ0n) is 25.5. The van der Waals surface area contributed by atoms with Gasteiger partial charge in [0.1, 0.15) is 5.75 Å². The summed E-state index contributed by atoms with van der Waals surface area (Å²) in [6.07, 6.45) is 3.60. The molecular weight excluding hydrogens is 640 g/mol. The van der Waals surface area contributed by atoms with E-state index in [-0.39, 0.29) is 38.2 Å². The number of likely N-dealkylation sites (tertiary alicyclic amines) is 1. The molecule has 0 bridgehead atoms. The van der Waals surface area contributed by atoms with Crippen molar-refractivity contribution in [3.63, 3.8) is 0 Å². The minimum Gasteiger partial charge on any atom is -0.466 e. The first-order valence-electron chi connectivity index (χ1n) is 15.0. The van der Waals surface area contributed by atoms with Crippen LogP contribution < -0.4 is 4.74 Å². The van der Waals surface area contributed by atoms with E-state index in [1.54, 1.807) is 17.9 Å². The zero-order valence-corrected chi connectivity index (χ0v) is 27.6. The van der Waals surface area contributed by atoms with Crippen LogP contribution in [-0.4, -0.2) is 54.2 Å². The van der Waals surface area contributed by atoms with Crippen LogP contribution in [0.15, 0.2) is 71.3 Å². The van der Waals surface area contributed by atoms with Gasteiger partial charge >= 0.3 is 24.0 Å². The Morgan fingerprint density at radius 1 is 1.07 bits per heavy atom. The topological polar surface area (TPSA) is 121 Å². The quantitative estimate of drug-likeness (QED) is 0.0560. The molecule has 1 amide bonds. The van der Waals surface area contributed by atoms with E-state index in [2.05, 4.69) is 9.04 Å². The van der Waals surface area contributed by atoms with Gasteiger partial charge in [0, 0.05) is 24.9 Å². The SMILES string of the molecule is CCOC(=O)CCCCCCN1C(=O)CC[C@@H]1/C=C/[C@@H](OC(=O)Cc1ccc(OC(=O)OP=NP)cc1)C(F)(F)c1ccccc1. The van der Waals surface area contributed by atoms with Gasteiger partial charge in [0.05, 0.1) is 19.1 Å². The summed E-state index contributed by atoms with van der Waals surface area (Å²) in [5, 5.41) is 0. The zero-order chi connectivity index (χ0) is 33.4. The van der Waals surface area contributed by atoms with Crippen LogP contribution in [-0.2, 0) is 40.7 Å². The molecule has 0 spiro atoms. The molecule has 1 unspecified atom stereocenters. The summed E-state index contributed by atoms with van der Waals surface area (Å²) in [6, 6.07) is 12.5. The molecule has 0 aliphatic carbocycles. The number of halogens is 2. The summed E-state index contributed by atoms with van der Waals surface area (Å²) in [5.74, 6) is -4.58. The number of carbonyl (C=O) groups excluding carboxylic acids is 4. The normalized spacial score (nSPS) is 15.7. The standard InChI is InChI=1S/C32H38F2N2O8P2/c1-2-41-29(38)12-8-3-4-9-21-36-25(16-20-28(36)37)15-19-27(32(33,34)24-10-6-5-7-11-24)43-30(39)22-23-13-17-26(18-14-23)42-31(40)44-46-35-45/h5-7,10-11,13-15,17-19,25,27H,2-4,8-9,12,16,20-22,45H2,1H3/b19-15+/t25-,27+/m0/s1. The molecular formula is C32H38F2N2O8P2. The molecule has 1 aliphatic heterocycles. The maximum Gasteiger partial charge on any atom is 0.523 e. The van der Waals surface area contributed by atoms with Gasteiger partial charge in [-0.3, -0.25) is 14.4 Å². The van der Waals surface area contributed by atoms with Gasteiger partial charge in [-0.25, -0.2) is 9.31 Å². The second kappa shape index (κ2) is 19.0. The summed E-state index contributed by atoms with van der Waals surface area (Å²) in [4.78, 5) is 50.2. The maximum absolute atomic E-state index is 15.7. The third-order valence-electron chi connectivity index (χ3n) is 7.13. The number of carbonyl (C=O) groups is 4. The Balaban J connectivity index is 1.64. The molecule has 0 radical (unpaired) electrons. The summed E-state index contributed by atoms with van der Waals surface area (Å²) in [6.45, 7) is 2.57. The Bertz CT molecular complexity index is 1360. The lowest BCUT2D eigenvalue weighted by Crippen LogP contribution is -2.36. The van der Waals surface area contributed by atoms with E-state index in [1.165, 1.54) is 60.7 Å². The average Bonchev–Trinajstić information content (AvgIpc) is 3.39. The highest BCUT2D eigenvalue weighted by Crippen LogP contribution is 2.35. The molecule has 248 valence electrons. The summed E-state index contributed by atoms with van der Waals surface area (Å²) in [7, 11) is 2.08. The van der Waals surface area contributed by atoms with Crippen molar-refractivity contribution in [2.75, 3.05) is 13.2 Å². The van der Waals surface area contributed by atoms with E-state index >= 15 is 8.78 Å². The number of nitrogens with zero attached hydrogens (tertiary/aromatic N) is 2. The molecule has 1 saturated heterocycles. The highest BCUT2D eigenvalue weighted by Gasteiger charge is 2.43. The predicted octanol–water partition coefficient (Wildman–Crippen LogP) is 7.34. The minimum atomic E-state index is -3.56. The molecule has 3 rings (SSSR count). The summed E-state index contributed by atoms with van der Waals surface area (Å²) >= 11 is 0. The predicted molar refractivity (Wildman–Crippen MR) is 170 cm³/mol. The fourth-order valence-corrected chi connectivity index (χ4v) is 5.16. The van der Waals surface area contributed by atoms with E-state index in [4.69, 9.17) is 14.2 Å². The van der Waals surface area contributed by atoms with Gasteiger partial charge in [-0.2, -0.15) is 8.78 Å². The molecule has 46 heavy (non-hydrogen) atoms. The van der Waals surface area contributed by atoms with Crippen molar-refractivity contribution in [3.05, 3.63) is 77.9 Å². The van der Waals surface area contributed by atoms with Crippen LogP contribution in [0.2, 0.25) is 0 Å². The van der Waals surface area contributed by atoms with Crippen LogP contribution in [0.3, 0.4) is 0 Å². The molecule has 0 aromatic heterocycles. The van der Waals surface area contributed by atoms with Crippen LogP contribution >= 0.6 is 18.0 Å². The van der Waals surface area contributed by atoms with Crippen molar-refractivity contribution < 1.29 is 46.7 Å². The molecule has 14 heteroatoms. The largest absolute Gasteiger partial charge is 0.523 e. The minimum absolute atomic E-state index is 0.0493. The van der Waals surface area contributed by atoms with Crippen LogP contribution in [0.1, 0.15) is 63.0 Å². The third kappa shape index (κ3) is 11.9. The lowest BCUT2D eigenvalue weighted by Gasteiger charge is -2.27. The Labute approximate surface area is 271 Å². The van der Waals surface area contributed by atoms with Crippen molar-refractivity contribution in [2.45, 2.75) is 76.4 Å². The van der Waals surface area contributed by atoms with Crippen LogP contribution in [0.25, 0.3) is 0 Å². The van der Waals surface area contributed by atoms with E-state index in [0.717, 1.165) is 12.8 Å². The molecule has 0 saturated carbocycles. The van der Waals surface area contributed by atoms with Gasteiger partial charge in [-0.15, -0.1) is 0 Å². The summed E-state index contributed by atoms with van der Waals surface area (Å²) in [5.41, 5.74) is 0.131. The van der Waals surface area contributed by atoms with Crippen molar-refractivity contribution in [3.8, 4) is 5.75 Å². The number of alkyl halides is 2. The Kier molecular flexibility index (Phi) is 15.2. The number of esters is 2. The fourth-order valence-electron chi connectivity index (χ4n) is 4.87. The maximum atomic E-state index is 15.7. The summed E-state index contributed by atoms with van der Waals surface area (Å²) < 4.78 is 54.9. The molecule has 0 N–H and O–H groups in total. The highest BCUT2D eigenvalue weighted by molar-refractivity contribution is 7.31. The molecule has 1 heterocycles. The van der Waals surface area contributed by atoms with Crippen LogP contribution in [0.4, 0.5) is 13.6 Å². The second-order valence-corrected chi connectivity index (χ2v) is 11.7. The molecule has 10 nitrogen and oxygen atoms in total. The van der Waals surface area contributed by atoms with Crippen molar-refractivity contribution >= 4 is 42.0 Å². The number of unbranched alkanes of at least 4 members (excludes halogenated alkanes) is 3. The number of benzene rings is 2. The number of hydrogen-bond donors (Lipinski definition) is 0.